The number of nitrogens with one attached hydrogen (secondary N) is 2. The van der Waals surface area contributed by atoms with Gasteiger partial charge in [-0.15, -0.1) is 10.2 Å². The molecule has 3 rings (SSSR count). The first-order chi connectivity index (χ1) is 12.1. The van der Waals surface area contributed by atoms with Crippen molar-refractivity contribution < 1.29 is 9.21 Å². The highest BCUT2D eigenvalue weighted by molar-refractivity contribution is 8.01. The Labute approximate surface area is 158 Å². The van der Waals surface area contributed by atoms with Crippen LogP contribution in [0.3, 0.4) is 0 Å². The van der Waals surface area contributed by atoms with Gasteiger partial charge in [-0.3, -0.25) is 4.79 Å². The standard InChI is InChI=1S/C16H15ClN4O2S2/c1-10-12(17)5-2-6-13(10)19-14(22)9-24-16-21-20-15(25-16)18-8-11-4-3-7-23-11/h2-7H,8-9H2,1H3,(H,18,20)(H,19,22). The van der Waals surface area contributed by atoms with Crippen LogP contribution in [0.1, 0.15) is 11.3 Å². The van der Waals surface area contributed by atoms with Crippen LogP contribution in [0, 0.1) is 6.92 Å². The SMILES string of the molecule is Cc1c(Cl)cccc1NC(=O)CSc1nnc(NCc2ccco2)s1. The second-order valence-corrected chi connectivity index (χ2v) is 7.66. The van der Waals surface area contributed by atoms with Crippen molar-refractivity contribution in [2.45, 2.75) is 17.8 Å². The fraction of sp³-hybridized carbons (Fsp3) is 0.188. The molecule has 0 aliphatic carbocycles. The van der Waals surface area contributed by atoms with Crippen molar-refractivity contribution in [2.24, 2.45) is 0 Å². The first-order valence-electron chi connectivity index (χ1n) is 7.39. The molecule has 0 bridgehead atoms. The average Bonchev–Trinajstić information content (AvgIpc) is 3.27. The van der Waals surface area contributed by atoms with Gasteiger partial charge < -0.3 is 15.1 Å². The Balaban J connectivity index is 1.48. The molecule has 3 aromatic rings. The van der Waals surface area contributed by atoms with E-state index in [0.717, 1.165) is 21.4 Å². The average molecular weight is 395 g/mol. The summed E-state index contributed by atoms with van der Waals surface area (Å²) in [6.07, 6.45) is 1.62. The number of amides is 1. The predicted molar refractivity (Wildman–Crippen MR) is 101 cm³/mol. The number of nitrogens with zero attached hydrogens (tertiary/aromatic N) is 2. The Kier molecular flexibility index (Phi) is 5.95. The van der Waals surface area contributed by atoms with Gasteiger partial charge in [0.1, 0.15) is 5.76 Å². The Bertz CT molecular complexity index is 852. The molecule has 2 aromatic heterocycles. The minimum absolute atomic E-state index is 0.115. The summed E-state index contributed by atoms with van der Waals surface area (Å²) in [6.45, 7) is 2.41. The minimum atomic E-state index is -0.115. The first kappa shape index (κ1) is 17.8. The molecule has 0 aliphatic rings. The Morgan fingerprint density at radius 3 is 3.00 bits per heavy atom. The lowest BCUT2D eigenvalue weighted by atomic mass is 10.2. The van der Waals surface area contributed by atoms with Crippen molar-refractivity contribution in [3.63, 3.8) is 0 Å². The largest absolute Gasteiger partial charge is 0.467 e. The second-order valence-electron chi connectivity index (χ2n) is 5.06. The van der Waals surface area contributed by atoms with Crippen molar-refractivity contribution in [3.05, 3.63) is 52.9 Å². The molecule has 1 amide bonds. The quantitative estimate of drug-likeness (QED) is 0.577. The highest BCUT2D eigenvalue weighted by Crippen LogP contribution is 2.27. The summed E-state index contributed by atoms with van der Waals surface area (Å²) in [4.78, 5) is 12.1. The molecule has 1 aromatic carbocycles. The van der Waals surface area contributed by atoms with Crippen molar-refractivity contribution in [1.82, 2.24) is 10.2 Å². The van der Waals surface area contributed by atoms with Crippen molar-refractivity contribution in [3.8, 4) is 0 Å². The molecule has 6 nitrogen and oxygen atoms in total. The van der Waals surface area contributed by atoms with E-state index in [1.165, 1.54) is 23.1 Å². The smallest absolute Gasteiger partial charge is 0.234 e. The monoisotopic (exact) mass is 394 g/mol. The number of carbonyl (C=O) groups excluding carboxylic acids is 1. The van der Waals surface area contributed by atoms with E-state index in [4.69, 9.17) is 16.0 Å². The number of furan rings is 1. The fourth-order valence-corrected chi connectivity index (χ4v) is 3.69. The number of anilines is 2. The molecule has 0 saturated heterocycles. The van der Waals surface area contributed by atoms with Crippen molar-refractivity contribution >= 4 is 51.4 Å². The van der Waals surface area contributed by atoms with Crippen LogP contribution in [0.2, 0.25) is 5.02 Å². The lowest BCUT2D eigenvalue weighted by Crippen LogP contribution is -2.14. The predicted octanol–water partition coefficient (Wildman–Crippen LogP) is 4.44. The maximum Gasteiger partial charge on any atom is 0.234 e. The maximum absolute atomic E-state index is 12.1. The number of rotatable bonds is 7. The third kappa shape index (κ3) is 4.97. The number of thioether (sulfide) groups is 1. The highest BCUT2D eigenvalue weighted by Gasteiger charge is 2.10. The van der Waals surface area contributed by atoms with Crippen LogP contribution >= 0.6 is 34.7 Å². The number of hydrogen-bond acceptors (Lipinski definition) is 7. The Morgan fingerprint density at radius 1 is 1.32 bits per heavy atom. The molecule has 0 atom stereocenters. The molecular formula is C16H15ClN4O2S2. The molecule has 25 heavy (non-hydrogen) atoms. The zero-order valence-corrected chi connectivity index (χ0v) is 15.7. The molecule has 0 fully saturated rings. The van der Waals surface area contributed by atoms with Gasteiger partial charge in [0.05, 0.1) is 18.6 Å². The van der Waals surface area contributed by atoms with Gasteiger partial charge in [-0.05, 0) is 36.8 Å². The van der Waals surface area contributed by atoms with E-state index in [1.807, 2.05) is 25.1 Å². The van der Waals surface area contributed by atoms with Crippen molar-refractivity contribution in [1.29, 1.82) is 0 Å². The Hall–Kier alpha value is -2.03. The van der Waals surface area contributed by atoms with Crippen LogP contribution in [0.4, 0.5) is 10.8 Å². The lowest BCUT2D eigenvalue weighted by Gasteiger charge is -2.08. The molecule has 0 saturated carbocycles. The van der Waals surface area contributed by atoms with Gasteiger partial charge in [0.25, 0.3) is 0 Å². The maximum atomic E-state index is 12.1. The summed E-state index contributed by atoms with van der Waals surface area (Å²) in [7, 11) is 0. The summed E-state index contributed by atoms with van der Waals surface area (Å²) in [5.74, 6) is 0.954. The molecule has 2 heterocycles. The third-order valence-corrected chi connectivity index (χ3v) is 5.69. The van der Waals surface area contributed by atoms with Crippen LogP contribution in [-0.4, -0.2) is 21.9 Å². The van der Waals surface area contributed by atoms with Crippen LogP contribution in [0.15, 0.2) is 45.4 Å². The number of carbonyl (C=O) groups is 1. The van der Waals surface area contributed by atoms with Gasteiger partial charge in [0, 0.05) is 10.7 Å². The molecule has 2 N–H and O–H groups in total. The van der Waals surface area contributed by atoms with Gasteiger partial charge >= 0.3 is 0 Å². The van der Waals surface area contributed by atoms with E-state index in [1.54, 1.807) is 18.4 Å². The summed E-state index contributed by atoms with van der Waals surface area (Å²) < 4.78 is 5.96. The summed E-state index contributed by atoms with van der Waals surface area (Å²) in [5.41, 5.74) is 1.57. The zero-order valence-electron chi connectivity index (χ0n) is 13.3. The second kappa shape index (κ2) is 8.37. The molecule has 130 valence electrons. The minimum Gasteiger partial charge on any atom is -0.467 e. The van der Waals surface area contributed by atoms with Crippen LogP contribution in [0.5, 0.6) is 0 Å². The van der Waals surface area contributed by atoms with E-state index >= 15 is 0 Å². The zero-order chi connectivity index (χ0) is 17.6. The van der Waals surface area contributed by atoms with E-state index < -0.39 is 0 Å². The van der Waals surface area contributed by atoms with Crippen molar-refractivity contribution in [2.75, 3.05) is 16.4 Å². The summed E-state index contributed by atoms with van der Waals surface area (Å²) in [5, 5.41) is 15.4. The van der Waals surface area contributed by atoms with Gasteiger partial charge in [-0.2, -0.15) is 0 Å². The molecule has 0 spiro atoms. The Morgan fingerprint density at radius 2 is 2.20 bits per heavy atom. The fourth-order valence-electron chi connectivity index (χ4n) is 1.97. The summed E-state index contributed by atoms with van der Waals surface area (Å²) in [6, 6.07) is 9.13. The molecule has 0 unspecified atom stereocenters. The molecule has 0 radical (unpaired) electrons. The van der Waals surface area contributed by atoms with Crippen LogP contribution < -0.4 is 10.6 Å². The van der Waals surface area contributed by atoms with Gasteiger partial charge in [0.2, 0.25) is 11.0 Å². The first-order valence-corrected chi connectivity index (χ1v) is 9.57. The van der Waals surface area contributed by atoms with Crippen LogP contribution in [0.25, 0.3) is 0 Å². The molecular weight excluding hydrogens is 380 g/mol. The number of benzene rings is 1. The van der Waals surface area contributed by atoms with Gasteiger partial charge in [0.15, 0.2) is 4.34 Å². The number of hydrogen-bond donors (Lipinski definition) is 2. The van der Waals surface area contributed by atoms with E-state index in [0.29, 0.717) is 16.7 Å². The van der Waals surface area contributed by atoms with E-state index in [2.05, 4.69) is 20.8 Å². The van der Waals surface area contributed by atoms with E-state index in [9.17, 15) is 4.79 Å². The summed E-state index contributed by atoms with van der Waals surface area (Å²) >= 11 is 8.79. The molecule has 0 aliphatic heterocycles. The third-order valence-electron chi connectivity index (χ3n) is 3.27. The normalized spacial score (nSPS) is 10.6. The van der Waals surface area contributed by atoms with Gasteiger partial charge in [-0.1, -0.05) is 40.8 Å². The van der Waals surface area contributed by atoms with Crippen LogP contribution in [-0.2, 0) is 11.3 Å². The lowest BCUT2D eigenvalue weighted by molar-refractivity contribution is -0.113. The highest BCUT2D eigenvalue weighted by atomic mass is 35.5. The number of aromatic nitrogens is 2. The van der Waals surface area contributed by atoms with Gasteiger partial charge in [-0.25, -0.2) is 0 Å². The van der Waals surface area contributed by atoms with E-state index in [-0.39, 0.29) is 11.7 Å². The topological polar surface area (TPSA) is 80.0 Å². The molecule has 9 heteroatoms. The number of halogens is 1.